The van der Waals surface area contributed by atoms with Crippen LogP contribution in [0.3, 0.4) is 0 Å². The van der Waals surface area contributed by atoms with Crippen LogP contribution in [0.2, 0.25) is 0 Å². The van der Waals surface area contributed by atoms with Gasteiger partial charge in [-0.1, -0.05) is 6.92 Å². The van der Waals surface area contributed by atoms with Gasteiger partial charge in [0.15, 0.2) is 0 Å². The van der Waals surface area contributed by atoms with E-state index in [2.05, 4.69) is 50.6 Å². The molecule has 0 aromatic carbocycles. The third kappa shape index (κ3) is 3.46. The van der Waals surface area contributed by atoms with Gasteiger partial charge in [-0.05, 0) is 40.9 Å². The molecule has 19 heavy (non-hydrogen) atoms. The highest BCUT2D eigenvalue weighted by Gasteiger charge is 2.22. The van der Waals surface area contributed by atoms with Crippen molar-refractivity contribution in [3.05, 3.63) is 22.3 Å². The van der Waals surface area contributed by atoms with Crippen molar-refractivity contribution in [2.24, 2.45) is 5.73 Å². The molecule has 1 aromatic heterocycles. The summed E-state index contributed by atoms with van der Waals surface area (Å²) >= 11 is 3.50. The molecule has 106 valence electrons. The molecule has 1 saturated heterocycles. The number of hydrogen-bond acceptors (Lipinski definition) is 4. The zero-order chi connectivity index (χ0) is 13.8. The van der Waals surface area contributed by atoms with Crippen LogP contribution in [0.5, 0.6) is 0 Å². The average Bonchev–Trinajstić information content (AvgIpc) is 2.44. The Balaban J connectivity index is 1.97. The monoisotopic (exact) mass is 326 g/mol. The van der Waals surface area contributed by atoms with Crippen LogP contribution in [0.4, 0.5) is 5.82 Å². The summed E-state index contributed by atoms with van der Waals surface area (Å²) in [5.41, 5.74) is 7.06. The van der Waals surface area contributed by atoms with E-state index in [0.29, 0.717) is 6.04 Å². The molecule has 1 aliphatic rings. The van der Waals surface area contributed by atoms with E-state index in [9.17, 15) is 0 Å². The first-order chi connectivity index (χ1) is 9.15. The van der Waals surface area contributed by atoms with Gasteiger partial charge in [-0.25, -0.2) is 4.98 Å². The molecule has 0 spiro atoms. The molecule has 4 nitrogen and oxygen atoms in total. The molecular weight excluding hydrogens is 304 g/mol. The normalized spacial score (nSPS) is 18.6. The summed E-state index contributed by atoms with van der Waals surface area (Å²) in [5.74, 6) is 1.08. The minimum Gasteiger partial charge on any atom is -0.354 e. The molecule has 1 aliphatic heterocycles. The zero-order valence-corrected chi connectivity index (χ0v) is 13.4. The van der Waals surface area contributed by atoms with Crippen molar-refractivity contribution in [1.29, 1.82) is 0 Å². The van der Waals surface area contributed by atoms with Crippen LogP contribution in [-0.2, 0) is 0 Å². The number of rotatable bonds is 4. The summed E-state index contributed by atoms with van der Waals surface area (Å²) in [7, 11) is 0. The number of pyridine rings is 1. The molecule has 2 heterocycles. The molecule has 1 unspecified atom stereocenters. The highest BCUT2D eigenvalue weighted by Crippen LogP contribution is 2.21. The van der Waals surface area contributed by atoms with Crippen molar-refractivity contribution in [2.45, 2.75) is 26.3 Å². The molecule has 0 bridgehead atoms. The fourth-order valence-electron chi connectivity index (χ4n) is 2.59. The minimum absolute atomic E-state index is 0.529. The Morgan fingerprint density at radius 3 is 2.58 bits per heavy atom. The summed E-state index contributed by atoms with van der Waals surface area (Å²) in [6.45, 7) is 9.29. The van der Waals surface area contributed by atoms with Crippen molar-refractivity contribution in [3.8, 4) is 0 Å². The maximum absolute atomic E-state index is 5.82. The first kappa shape index (κ1) is 14.8. The van der Waals surface area contributed by atoms with Gasteiger partial charge < -0.3 is 10.6 Å². The van der Waals surface area contributed by atoms with E-state index in [-0.39, 0.29) is 0 Å². The van der Waals surface area contributed by atoms with Crippen LogP contribution >= 0.6 is 15.9 Å². The van der Waals surface area contributed by atoms with Crippen LogP contribution < -0.4 is 10.6 Å². The maximum atomic E-state index is 5.82. The van der Waals surface area contributed by atoms with Gasteiger partial charge in [-0.2, -0.15) is 0 Å². The Morgan fingerprint density at radius 1 is 1.37 bits per heavy atom. The quantitative estimate of drug-likeness (QED) is 0.919. The molecule has 1 atom stereocenters. The lowest BCUT2D eigenvalue weighted by Crippen LogP contribution is -2.52. The zero-order valence-electron chi connectivity index (χ0n) is 11.8. The molecule has 1 fully saturated rings. The maximum Gasteiger partial charge on any atom is 0.128 e. The number of piperazine rings is 1. The second kappa shape index (κ2) is 6.68. The van der Waals surface area contributed by atoms with Crippen molar-refractivity contribution >= 4 is 21.7 Å². The van der Waals surface area contributed by atoms with Crippen LogP contribution in [0.15, 0.2) is 16.7 Å². The molecular formula is C14H23BrN4. The Labute approximate surface area is 124 Å². The highest BCUT2D eigenvalue weighted by molar-refractivity contribution is 9.10. The van der Waals surface area contributed by atoms with Gasteiger partial charge in [0.1, 0.15) is 5.82 Å². The van der Waals surface area contributed by atoms with Gasteiger partial charge in [0, 0.05) is 49.4 Å². The number of nitrogens with zero attached hydrogens (tertiary/aromatic N) is 3. The fraction of sp³-hybridized carbons (Fsp3) is 0.643. The van der Waals surface area contributed by atoms with Gasteiger partial charge in [-0.15, -0.1) is 0 Å². The Hall–Kier alpha value is -0.650. The summed E-state index contributed by atoms with van der Waals surface area (Å²) in [6.07, 6.45) is 3.03. The van der Waals surface area contributed by atoms with E-state index in [1.165, 1.54) is 5.56 Å². The van der Waals surface area contributed by atoms with Crippen molar-refractivity contribution in [2.75, 3.05) is 37.6 Å². The molecule has 2 N–H and O–H groups in total. The van der Waals surface area contributed by atoms with Gasteiger partial charge in [0.05, 0.1) is 0 Å². The first-order valence-corrected chi connectivity index (χ1v) is 7.76. The standard InChI is InChI=1S/C14H23BrN4/c1-3-12(9-16)18-4-6-19(7-5-18)14-8-11(2)13(15)10-17-14/h8,10,12H,3-7,9,16H2,1-2H3. The molecule has 1 aromatic rings. The number of nitrogens with two attached hydrogens (primary N) is 1. The van der Waals surface area contributed by atoms with E-state index in [0.717, 1.165) is 49.4 Å². The SMILES string of the molecule is CCC(CN)N1CCN(c2cc(C)c(Br)cn2)CC1. The van der Waals surface area contributed by atoms with Gasteiger partial charge >= 0.3 is 0 Å². The van der Waals surface area contributed by atoms with Gasteiger partial charge in [-0.3, -0.25) is 4.90 Å². The number of anilines is 1. The summed E-state index contributed by atoms with van der Waals surface area (Å²) in [6, 6.07) is 2.68. The van der Waals surface area contributed by atoms with Gasteiger partial charge in [0.2, 0.25) is 0 Å². The predicted octanol–water partition coefficient (Wildman–Crippen LogP) is 2.01. The molecule has 0 radical (unpaired) electrons. The lowest BCUT2D eigenvalue weighted by Gasteiger charge is -2.39. The van der Waals surface area contributed by atoms with Gasteiger partial charge in [0.25, 0.3) is 0 Å². The number of hydrogen-bond donors (Lipinski definition) is 1. The lowest BCUT2D eigenvalue weighted by atomic mass is 10.1. The first-order valence-electron chi connectivity index (χ1n) is 6.97. The molecule has 0 aliphatic carbocycles. The van der Waals surface area contributed by atoms with E-state index in [1.54, 1.807) is 0 Å². The van der Waals surface area contributed by atoms with Crippen LogP contribution in [-0.4, -0.2) is 48.6 Å². The van der Waals surface area contributed by atoms with E-state index < -0.39 is 0 Å². The third-order valence-corrected chi connectivity index (χ3v) is 4.76. The molecule has 5 heteroatoms. The Bertz CT molecular complexity index is 412. The number of halogens is 1. The smallest absolute Gasteiger partial charge is 0.128 e. The van der Waals surface area contributed by atoms with Crippen molar-refractivity contribution in [1.82, 2.24) is 9.88 Å². The third-order valence-electron chi connectivity index (χ3n) is 3.93. The number of aromatic nitrogens is 1. The molecule has 0 saturated carbocycles. The Kier molecular flexibility index (Phi) is 5.19. The lowest BCUT2D eigenvalue weighted by molar-refractivity contribution is 0.184. The van der Waals surface area contributed by atoms with Crippen LogP contribution in [0.25, 0.3) is 0 Å². The predicted molar refractivity (Wildman–Crippen MR) is 83.6 cm³/mol. The fourth-order valence-corrected chi connectivity index (χ4v) is 2.80. The summed E-state index contributed by atoms with van der Waals surface area (Å²) in [5, 5.41) is 0. The van der Waals surface area contributed by atoms with Crippen molar-refractivity contribution in [3.63, 3.8) is 0 Å². The molecule has 2 rings (SSSR count). The molecule has 0 amide bonds. The minimum atomic E-state index is 0.529. The second-order valence-corrected chi connectivity index (χ2v) is 5.97. The largest absolute Gasteiger partial charge is 0.354 e. The van der Waals surface area contributed by atoms with E-state index >= 15 is 0 Å². The average molecular weight is 327 g/mol. The summed E-state index contributed by atoms with van der Waals surface area (Å²) < 4.78 is 1.07. The van der Waals surface area contributed by atoms with Crippen LogP contribution in [0.1, 0.15) is 18.9 Å². The van der Waals surface area contributed by atoms with E-state index in [4.69, 9.17) is 5.73 Å². The second-order valence-electron chi connectivity index (χ2n) is 5.11. The summed E-state index contributed by atoms with van der Waals surface area (Å²) in [4.78, 5) is 9.37. The van der Waals surface area contributed by atoms with Crippen molar-refractivity contribution < 1.29 is 0 Å². The van der Waals surface area contributed by atoms with E-state index in [1.807, 2.05) is 6.20 Å². The highest BCUT2D eigenvalue weighted by atomic mass is 79.9. The number of aryl methyl sites for hydroxylation is 1. The topological polar surface area (TPSA) is 45.4 Å². The van der Waals surface area contributed by atoms with Crippen LogP contribution in [0, 0.1) is 6.92 Å². The Morgan fingerprint density at radius 2 is 2.05 bits per heavy atom.